The largest absolute Gasteiger partial charge is 0.382 e. The van der Waals surface area contributed by atoms with E-state index in [0.717, 1.165) is 29.7 Å². The normalized spacial score (nSPS) is 21.0. The molecule has 4 heteroatoms. The van der Waals surface area contributed by atoms with Gasteiger partial charge < -0.3 is 5.32 Å². The minimum absolute atomic E-state index is 0.123. The van der Waals surface area contributed by atoms with Crippen LogP contribution in [0.1, 0.15) is 29.9 Å². The molecule has 0 heterocycles. The fourth-order valence-corrected chi connectivity index (χ4v) is 3.16. The molecule has 1 aliphatic carbocycles. The van der Waals surface area contributed by atoms with Crippen LogP contribution in [-0.2, 0) is 0 Å². The maximum absolute atomic E-state index is 13.7. The Bertz CT molecular complexity index is 666. The molecule has 21 heavy (non-hydrogen) atoms. The van der Waals surface area contributed by atoms with Crippen LogP contribution in [0.25, 0.3) is 0 Å². The molecule has 2 aromatic rings. The monoisotopic (exact) mass is 351 g/mol. The lowest BCUT2D eigenvalue weighted by atomic mass is 9.75. The first-order valence-electron chi connectivity index (χ1n) is 7.01. The Morgan fingerprint density at radius 2 is 1.81 bits per heavy atom. The number of hydrogen-bond acceptors (Lipinski definition) is 1. The van der Waals surface area contributed by atoms with Crippen molar-refractivity contribution in [3.8, 4) is 0 Å². The van der Waals surface area contributed by atoms with Crippen LogP contribution in [0.3, 0.4) is 0 Å². The molecule has 1 fully saturated rings. The standard InChI is InChI=1S/C17H16BrF2N/c1-10-6-16(20)14(18)9-17(10)21-12-7-11(8-12)13-4-2-3-5-15(13)19/h2-6,9,11-12,21H,7-8H2,1H3. The lowest BCUT2D eigenvalue weighted by molar-refractivity contribution is 0.363. The van der Waals surface area contributed by atoms with Gasteiger partial charge in [0.05, 0.1) is 4.47 Å². The summed E-state index contributed by atoms with van der Waals surface area (Å²) in [7, 11) is 0. The number of rotatable bonds is 3. The lowest BCUT2D eigenvalue weighted by Gasteiger charge is -2.37. The van der Waals surface area contributed by atoms with E-state index in [1.165, 1.54) is 12.1 Å². The molecule has 0 saturated heterocycles. The van der Waals surface area contributed by atoms with Gasteiger partial charge in [0.1, 0.15) is 11.6 Å². The summed E-state index contributed by atoms with van der Waals surface area (Å²) in [6, 6.07) is 10.5. The van der Waals surface area contributed by atoms with Gasteiger partial charge in [-0.05, 0) is 70.9 Å². The Labute approximate surface area is 131 Å². The topological polar surface area (TPSA) is 12.0 Å². The molecule has 0 amide bonds. The molecule has 0 spiro atoms. The van der Waals surface area contributed by atoms with E-state index >= 15 is 0 Å². The molecule has 0 aromatic heterocycles. The second-order valence-corrected chi connectivity index (χ2v) is 6.47. The molecule has 1 N–H and O–H groups in total. The van der Waals surface area contributed by atoms with Crippen LogP contribution < -0.4 is 5.32 Å². The molecule has 110 valence electrons. The Balaban J connectivity index is 1.65. The average Bonchev–Trinajstić information content (AvgIpc) is 2.40. The van der Waals surface area contributed by atoms with Crippen molar-refractivity contribution in [2.45, 2.75) is 31.7 Å². The lowest BCUT2D eigenvalue weighted by Crippen LogP contribution is -2.34. The van der Waals surface area contributed by atoms with Crippen LogP contribution in [0, 0.1) is 18.6 Å². The number of benzene rings is 2. The molecule has 0 unspecified atom stereocenters. The minimum atomic E-state index is -0.254. The molecule has 1 aliphatic rings. The van der Waals surface area contributed by atoms with Crippen molar-refractivity contribution < 1.29 is 8.78 Å². The van der Waals surface area contributed by atoms with E-state index in [1.54, 1.807) is 12.1 Å². The van der Waals surface area contributed by atoms with E-state index in [0.29, 0.717) is 10.5 Å². The zero-order valence-electron chi connectivity index (χ0n) is 11.7. The Kier molecular flexibility index (Phi) is 3.98. The summed E-state index contributed by atoms with van der Waals surface area (Å²) in [5.41, 5.74) is 2.61. The van der Waals surface area contributed by atoms with Crippen molar-refractivity contribution in [3.63, 3.8) is 0 Å². The van der Waals surface area contributed by atoms with Crippen molar-refractivity contribution in [1.82, 2.24) is 0 Å². The first-order chi connectivity index (χ1) is 10.0. The summed E-state index contributed by atoms with van der Waals surface area (Å²) in [5.74, 6) is -0.106. The van der Waals surface area contributed by atoms with Crippen molar-refractivity contribution in [3.05, 3.63) is 63.6 Å². The van der Waals surface area contributed by atoms with Gasteiger partial charge in [-0.2, -0.15) is 0 Å². The Hall–Kier alpha value is -1.42. The molecule has 0 bridgehead atoms. The van der Waals surface area contributed by atoms with Crippen LogP contribution in [0.5, 0.6) is 0 Å². The van der Waals surface area contributed by atoms with Gasteiger partial charge in [-0.1, -0.05) is 18.2 Å². The predicted octanol–water partition coefficient (Wildman–Crippen LogP) is 5.39. The summed E-state index contributed by atoms with van der Waals surface area (Å²) in [5, 5.41) is 3.41. The van der Waals surface area contributed by atoms with Crippen molar-refractivity contribution in [1.29, 1.82) is 0 Å². The Morgan fingerprint density at radius 1 is 1.10 bits per heavy atom. The van der Waals surface area contributed by atoms with Crippen molar-refractivity contribution in [2.75, 3.05) is 5.32 Å². The quantitative estimate of drug-likeness (QED) is 0.781. The zero-order chi connectivity index (χ0) is 15.0. The maximum atomic E-state index is 13.7. The number of aryl methyl sites for hydroxylation is 1. The zero-order valence-corrected chi connectivity index (χ0v) is 13.3. The van der Waals surface area contributed by atoms with Crippen LogP contribution >= 0.6 is 15.9 Å². The van der Waals surface area contributed by atoms with E-state index in [4.69, 9.17) is 0 Å². The van der Waals surface area contributed by atoms with E-state index in [-0.39, 0.29) is 17.6 Å². The summed E-state index contributed by atoms with van der Waals surface area (Å²) in [6.07, 6.45) is 1.80. The molecular weight excluding hydrogens is 336 g/mol. The first kappa shape index (κ1) is 14.5. The highest BCUT2D eigenvalue weighted by atomic mass is 79.9. The SMILES string of the molecule is Cc1cc(F)c(Br)cc1NC1CC(c2ccccc2F)C1. The van der Waals surface area contributed by atoms with E-state index < -0.39 is 0 Å². The highest BCUT2D eigenvalue weighted by Crippen LogP contribution is 2.40. The van der Waals surface area contributed by atoms with Crippen molar-refractivity contribution >= 4 is 21.6 Å². The molecule has 0 radical (unpaired) electrons. The first-order valence-corrected chi connectivity index (χ1v) is 7.80. The van der Waals surface area contributed by atoms with E-state index in [2.05, 4.69) is 21.2 Å². The van der Waals surface area contributed by atoms with Gasteiger partial charge in [0.25, 0.3) is 0 Å². The summed E-state index contributed by atoms with van der Waals surface area (Å²) in [6.45, 7) is 1.88. The predicted molar refractivity (Wildman–Crippen MR) is 84.6 cm³/mol. The second-order valence-electron chi connectivity index (χ2n) is 5.61. The molecule has 1 saturated carbocycles. The number of halogens is 3. The van der Waals surface area contributed by atoms with Crippen LogP contribution in [-0.4, -0.2) is 6.04 Å². The van der Waals surface area contributed by atoms with Gasteiger partial charge in [-0.25, -0.2) is 8.78 Å². The van der Waals surface area contributed by atoms with Gasteiger partial charge >= 0.3 is 0 Å². The third-order valence-electron chi connectivity index (χ3n) is 4.11. The van der Waals surface area contributed by atoms with Crippen molar-refractivity contribution in [2.24, 2.45) is 0 Å². The van der Waals surface area contributed by atoms with Gasteiger partial charge in [0.2, 0.25) is 0 Å². The average molecular weight is 352 g/mol. The fraction of sp³-hybridized carbons (Fsp3) is 0.294. The minimum Gasteiger partial charge on any atom is -0.382 e. The Morgan fingerprint density at radius 3 is 2.52 bits per heavy atom. The number of hydrogen-bond donors (Lipinski definition) is 1. The van der Waals surface area contributed by atoms with E-state index in [1.807, 2.05) is 19.1 Å². The summed E-state index contributed by atoms with van der Waals surface area (Å²) >= 11 is 3.20. The van der Waals surface area contributed by atoms with E-state index in [9.17, 15) is 8.78 Å². The van der Waals surface area contributed by atoms with Crippen LogP contribution in [0.15, 0.2) is 40.9 Å². The highest BCUT2D eigenvalue weighted by Gasteiger charge is 2.32. The van der Waals surface area contributed by atoms with Crippen LogP contribution in [0.4, 0.5) is 14.5 Å². The molecule has 0 atom stereocenters. The van der Waals surface area contributed by atoms with Gasteiger partial charge in [-0.15, -0.1) is 0 Å². The highest BCUT2D eigenvalue weighted by molar-refractivity contribution is 9.10. The smallest absolute Gasteiger partial charge is 0.137 e. The van der Waals surface area contributed by atoms with Gasteiger partial charge in [-0.3, -0.25) is 0 Å². The second kappa shape index (κ2) is 5.76. The third kappa shape index (κ3) is 2.95. The van der Waals surface area contributed by atoms with Crippen LogP contribution in [0.2, 0.25) is 0 Å². The molecule has 3 rings (SSSR count). The fourth-order valence-electron chi connectivity index (χ4n) is 2.82. The molecule has 0 aliphatic heterocycles. The maximum Gasteiger partial charge on any atom is 0.137 e. The van der Waals surface area contributed by atoms with Gasteiger partial charge in [0.15, 0.2) is 0 Å². The molecule has 1 nitrogen and oxygen atoms in total. The molecule has 2 aromatic carbocycles. The number of nitrogens with one attached hydrogen (secondary N) is 1. The number of anilines is 1. The van der Waals surface area contributed by atoms with Gasteiger partial charge in [0, 0.05) is 11.7 Å². The summed E-state index contributed by atoms with van der Waals surface area (Å²) < 4.78 is 27.6. The molecular formula is C17H16BrF2N. The third-order valence-corrected chi connectivity index (χ3v) is 4.72. The summed E-state index contributed by atoms with van der Waals surface area (Å²) in [4.78, 5) is 0.